The fraction of sp³-hybridized carbons (Fsp3) is 0.211. The maximum Gasteiger partial charge on any atom is 0.257 e. The van der Waals surface area contributed by atoms with Gasteiger partial charge in [0.2, 0.25) is 11.0 Å². The van der Waals surface area contributed by atoms with Gasteiger partial charge in [-0.2, -0.15) is 0 Å². The van der Waals surface area contributed by atoms with E-state index < -0.39 is 0 Å². The molecular formula is C19H17N5O2S. The summed E-state index contributed by atoms with van der Waals surface area (Å²) in [6.45, 7) is 2.06. The summed E-state index contributed by atoms with van der Waals surface area (Å²) in [5.41, 5.74) is 1.87. The zero-order valence-corrected chi connectivity index (χ0v) is 15.4. The van der Waals surface area contributed by atoms with Gasteiger partial charge in [-0.3, -0.25) is 19.9 Å². The quantitative estimate of drug-likeness (QED) is 0.708. The Morgan fingerprint density at radius 2 is 1.85 bits per heavy atom. The Balaban J connectivity index is 1.38. The monoisotopic (exact) mass is 379 g/mol. The summed E-state index contributed by atoms with van der Waals surface area (Å²) in [5.74, 6) is 0.319. The van der Waals surface area contributed by atoms with Crippen LogP contribution < -0.4 is 10.6 Å². The number of hydrogen-bond donors (Lipinski definition) is 2. The molecule has 1 aliphatic carbocycles. The van der Waals surface area contributed by atoms with Gasteiger partial charge in [0, 0.05) is 23.4 Å². The Kier molecular flexibility index (Phi) is 4.64. The van der Waals surface area contributed by atoms with Gasteiger partial charge in [-0.15, -0.1) is 10.2 Å². The van der Waals surface area contributed by atoms with Crippen molar-refractivity contribution in [2.45, 2.75) is 13.3 Å². The molecule has 0 saturated heterocycles. The van der Waals surface area contributed by atoms with Crippen LogP contribution in [0.5, 0.6) is 0 Å². The van der Waals surface area contributed by atoms with Gasteiger partial charge in [0.25, 0.3) is 5.91 Å². The first-order valence-electron chi connectivity index (χ1n) is 8.57. The first-order chi connectivity index (χ1) is 13.1. The van der Waals surface area contributed by atoms with Gasteiger partial charge in [-0.1, -0.05) is 24.3 Å². The molecule has 1 aliphatic rings. The van der Waals surface area contributed by atoms with E-state index in [0.717, 1.165) is 6.42 Å². The predicted molar refractivity (Wildman–Crippen MR) is 103 cm³/mol. The van der Waals surface area contributed by atoms with Crippen LogP contribution >= 0.6 is 11.3 Å². The van der Waals surface area contributed by atoms with Gasteiger partial charge < -0.3 is 5.32 Å². The number of carbonyl (C=O) groups is 2. The fourth-order valence-corrected chi connectivity index (χ4v) is 3.38. The Morgan fingerprint density at radius 3 is 2.52 bits per heavy atom. The molecule has 4 rings (SSSR count). The van der Waals surface area contributed by atoms with E-state index in [1.165, 1.54) is 11.3 Å². The first-order valence-corrected chi connectivity index (χ1v) is 9.39. The van der Waals surface area contributed by atoms with Crippen molar-refractivity contribution >= 4 is 34.0 Å². The third-order valence-corrected chi connectivity index (χ3v) is 5.25. The number of nitrogens with one attached hydrogen (secondary N) is 2. The third kappa shape index (κ3) is 4.01. The maximum atomic E-state index is 12.4. The molecular weight excluding hydrogens is 362 g/mol. The number of hydrogen-bond acceptors (Lipinski definition) is 6. The Labute approximate surface area is 159 Å². The molecule has 0 aliphatic heterocycles. The van der Waals surface area contributed by atoms with E-state index in [4.69, 9.17) is 0 Å². The van der Waals surface area contributed by atoms with Crippen LogP contribution in [0.4, 0.5) is 10.8 Å². The molecule has 2 heterocycles. The lowest BCUT2D eigenvalue weighted by atomic mass is 10.2. The molecule has 1 saturated carbocycles. The Bertz CT molecular complexity index is 971. The van der Waals surface area contributed by atoms with Gasteiger partial charge in [-0.25, -0.2) is 0 Å². The summed E-state index contributed by atoms with van der Waals surface area (Å²) in [5, 5.41) is 14.7. The van der Waals surface area contributed by atoms with E-state index in [9.17, 15) is 9.59 Å². The predicted octanol–water partition coefficient (Wildman–Crippen LogP) is 3.45. The van der Waals surface area contributed by atoms with E-state index in [1.807, 2.05) is 18.2 Å². The van der Waals surface area contributed by atoms with Crippen molar-refractivity contribution < 1.29 is 9.59 Å². The minimum absolute atomic E-state index is 0.0376. The average Bonchev–Trinajstić information content (AvgIpc) is 3.24. The van der Waals surface area contributed by atoms with Gasteiger partial charge >= 0.3 is 0 Å². The van der Waals surface area contributed by atoms with E-state index >= 15 is 0 Å². The molecule has 2 atom stereocenters. The molecule has 0 spiro atoms. The number of anilines is 2. The minimum Gasteiger partial charge on any atom is -0.326 e. The van der Waals surface area contributed by atoms with Crippen LogP contribution in [0.15, 0.2) is 48.7 Å². The van der Waals surface area contributed by atoms with Crippen LogP contribution in [0.25, 0.3) is 10.7 Å². The van der Waals surface area contributed by atoms with Crippen LogP contribution in [-0.4, -0.2) is 27.0 Å². The van der Waals surface area contributed by atoms with Crippen molar-refractivity contribution in [3.8, 4) is 10.7 Å². The minimum atomic E-state index is -0.285. The van der Waals surface area contributed by atoms with Crippen molar-refractivity contribution in [1.82, 2.24) is 15.2 Å². The number of aromatic nitrogens is 3. The molecule has 1 fully saturated rings. The average molecular weight is 379 g/mol. The van der Waals surface area contributed by atoms with Crippen molar-refractivity contribution in [3.05, 3.63) is 54.2 Å². The van der Waals surface area contributed by atoms with Crippen molar-refractivity contribution in [1.29, 1.82) is 0 Å². The summed E-state index contributed by atoms with van der Waals surface area (Å²) in [6, 6.07) is 12.3. The van der Waals surface area contributed by atoms with Gasteiger partial charge in [0.15, 0.2) is 5.01 Å². The van der Waals surface area contributed by atoms with Gasteiger partial charge in [0.05, 0.1) is 0 Å². The standard InChI is InChI=1S/C19H17N5O2S/c1-11-10-14(11)17(26)21-13-7-5-12(6-8-13)16(25)22-19-24-23-18(27-19)15-4-2-3-9-20-15/h2-9,11,14H,10H2,1H3,(H,21,26)(H,22,24,25). The highest BCUT2D eigenvalue weighted by atomic mass is 32.1. The molecule has 3 aromatic rings. The number of pyridine rings is 1. The normalized spacial score (nSPS) is 18.0. The van der Waals surface area contributed by atoms with E-state index in [-0.39, 0.29) is 17.7 Å². The number of nitrogens with zero attached hydrogens (tertiary/aromatic N) is 3. The maximum absolute atomic E-state index is 12.4. The largest absolute Gasteiger partial charge is 0.326 e. The van der Waals surface area contributed by atoms with Crippen LogP contribution in [0.1, 0.15) is 23.7 Å². The van der Waals surface area contributed by atoms with Crippen molar-refractivity contribution in [2.75, 3.05) is 10.6 Å². The molecule has 1 aromatic carbocycles. The van der Waals surface area contributed by atoms with Crippen LogP contribution in [0.3, 0.4) is 0 Å². The molecule has 2 amide bonds. The van der Waals surface area contributed by atoms with Gasteiger partial charge in [0.1, 0.15) is 5.69 Å². The molecule has 136 valence electrons. The number of benzene rings is 1. The molecule has 8 heteroatoms. The summed E-state index contributed by atoms with van der Waals surface area (Å²) in [6.07, 6.45) is 2.62. The summed E-state index contributed by atoms with van der Waals surface area (Å²) in [7, 11) is 0. The highest BCUT2D eigenvalue weighted by Crippen LogP contribution is 2.38. The smallest absolute Gasteiger partial charge is 0.257 e. The van der Waals surface area contributed by atoms with E-state index in [1.54, 1.807) is 30.5 Å². The second-order valence-corrected chi connectivity index (χ2v) is 7.45. The Morgan fingerprint density at radius 1 is 1.07 bits per heavy atom. The zero-order valence-electron chi connectivity index (χ0n) is 14.5. The number of amides is 2. The van der Waals surface area contributed by atoms with E-state index in [2.05, 4.69) is 32.7 Å². The van der Waals surface area contributed by atoms with E-state index in [0.29, 0.717) is 33.0 Å². The SMILES string of the molecule is CC1CC1C(=O)Nc1ccc(C(=O)Nc2nnc(-c3ccccn3)s2)cc1. The summed E-state index contributed by atoms with van der Waals surface area (Å²) in [4.78, 5) is 28.5. The number of carbonyl (C=O) groups excluding carboxylic acids is 2. The topological polar surface area (TPSA) is 96.9 Å². The highest BCUT2D eigenvalue weighted by Gasteiger charge is 2.39. The first kappa shape index (κ1) is 17.3. The van der Waals surface area contributed by atoms with Crippen molar-refractivity contribution in [2.24, 2.45) is 11.8 Å². The second kappa shape index (κ2) is 7.24. The molecule has 0 radical (unpaired) electrons. The molecule has 0 bridgehead atoms. The lowest BCUT2D eigenvalue weighted by molar-refractivity contribution is -0.117. The summed E-state index contributed by atoms with van der Waals surface area (Å²) < 4.78 is 0. The van der Waals surface area contributed by atoms with Crippen LogP contribution in [-0.2, 0) is 4.79 Å². The van der Waals surface area contributed by atoms with Crippen LogP contribution in [0.2, 0.25) is 0 Å². The number of rotatable bonds is 5. The lowest BCUT2D eigenvalue weighted by Gasteiger charge is -2.06. The Hall–Kier alpha value is -3.13. The van der Waals surface area contributed by atoms with Gasteiger partial charge in [-0.05, 0) is 48.7 Å². The summed E-state index contributed by atoms with van der Waals surface area (Å²) >= 11 is 1.26. The lowest BCUT2D eigenvalue weighted by Crippen LogP contribution is -2.15. The molecule has 2 unspecified atom stereocenters. The fourth-order valence-electron chi connectivity index (χ4n) is 2.66. The zero-order chi connectivity index (χ0) is 18.8. The van der Waals surface area contributed by atoms with Crippen molar-refractivity contribution in [3.63, 3.8) is 0 Å². The van der Waals surface area contributed by atoms with Crippen LogP contribution in [0, 0.1) is 11.8 Å². The molecule has 2 N–H and O–H groups in total. The molecule has 2 aromatic heterocycles. The molecule has 27 heavy (non-hydrogen) atoms. The molecule has 7 nitrogen and oxygen atoms in total. The third-order valence-electron chi connectivity index (χ3n) is 4.39. The highest BCUT2D eigenvalue weighted by molar-refractivity contribution is 7.18. The second-order valence-electron chi connectivity index (χ2n) is 6.47.